The smallest absolute Gasteiger partial charge is 0.251 e. The van der Waals surface area contributed by atoms with Crippen molar-refractivity contribution in [2.45, 2.75) is 25.7 Å². The van der Waals surface area contributed by atoms with Crippen LogP contribution >= 0.6 is 0 Å². The zero-order valence-electron chi connectivity index (χ0n) is 13.1. The lowest BCUT2D eigenvalue weighted by Crippen LogP contribution is -2.36. The summed E-state index contributed by atoms with van der Waals surface area (Å²) in [4.78, 5) is 14.3. The van der Waals surface area contributed by atoms with Crippen molar-refractivity contribution in [2.24, 2.45) is 17.6 Å². The largest absolute Gasteiger partial charge is 0.378 e. The number of anilines is 1. The van der Waals surface area contributed by atoms with Crippen LogP contribution in [0.1, 0.15) is 36.0 Å². The van der Waals surface area contributed by atoms with Gasteiger partial charge in [-0.1, -0.05) is 18.9 Å². The minimum absolute atomic E-state index is 0.0139. The Morgan fingerprint density at radius 1 is 1.29 bits per heavy atom. The van der Waals surface area contributed by atoms with E-state index in [1.54, 1.807) is 0 Å². The number of benzene rings is 1. The minimum Gasteiger partial charge on any atom is -0.378 e. The van der Waals surface area contributed by atoms with Gasteiger partial charge in [-0.2, -0.15) is 0 Å². The molecule has 1 aliphatic carbocycles. The van der Waals surface area contributed by atoms with Gasteiger partial charge in [0.05, 0.1) is 0 Å². The first-order chi connectivity index (χ1) is 10.1. The fraction of sp³-hybridized carbons (Fsp3) is 0.588. The zero-order valence-corrected chi connectivity index (χ0v) is 13.1. The Hall–Kier alpha value is -1.55. The van der Waals surface area contributed by atoms with Gasteiger partial charge < -0.3 is 16.0 Å². The number of carbonyl (C=O) groups is 1. The Kier molecular flexibility index (Phi) is 5.62. The molecule has 2 atom stereocenters. The minimum atomic E-state index is 0.0139. The lowest BCUT2D eigenvalue weighted by Gasteiger charge is -2.30. The van der Waals surface area contributed by atoms with Gasteiger partial charge in [0.2, 0.25) is 0 Å². The molecule has 1 aromatic carbocycles. The summed E-state index contributed by atoms with van der Waals surface area (Å²) < 4.78 is 0. The Balaban J connectivity index is 1.93. The fourth-order valence-corrected chi connectivity index (χ4v) is 3.11. The second-order valence-electron chi connectivity index (χ2n) is 6.20. The predicted molar refractivity (Wildman–Crippen MR) is 87.6 cm³/mol. The number of amides is 1. The molecule has 0 radical (unpaired) electrons. The molecule has 1 aromatic rings. The summed E-state index contributed by atoms with van der Waals surface area (Å²) in [5.74, 6) is 1.11. The molecule has 2 unspecified atom stereocenters. The number of carbonyl (C=O) groups excluding carboxylic acids is 1. The molecule has 0 aliphatic heterocycles. The molecular formula is C17H27N3O. The van der Waals surface area contributed by atoms with Crippen LogP contribution in [0.4, 0.5) is 5.69 Å². The Bertz CT molecular complexity index is 473. The van der Waals surface area contributed by atoms with Crippen molar-refractivity contribution in [3.63, 3.8) is 0 Å². The van der Waals surface area contributed by atoms with Crippen molar-refractivity contribution < 1.29 is 4.79 Å². The van der Waals surface area contributed by atoms with Gasteiger partial charge in [0.25, 0.3) is 5.91 Å². The normalized spacial score (nSPS) is 21.9. The van der Waals surface area contributed by atoms with Crippen LogP contribution in [0.25, 0.3) is 0 Å². The maximum atomic E-state index is 12.3. The molecule has 21 heavy (non-hydrogen) atoms. The van der Waals surface area contributed by atoms with Crippen molar-refractivity contribution in [1.29, 1.82) is 0 Å². The average molecular weight is 289 g/mol. The highest BCUT2D eigenvalue weighted by atomic mass is 16.1. The quantitative estimate of drug-likeness (QED) is 0.874. The monoisotopic (exact) mass is 289 g/mol. The van der Waals surface area contributed by atoms with E-state index in [0.29, 0.717) is 11.8 Å². The van der Waals surface area contributed by atoms with Gasteiger partial charge in [-0.05, 0) is 49.4 Å². The van der Waals surface area contributed by atoms with Crippen LogP contribution in [0.3, 0.4) is 0 Å². The van der Waals surface area contributed by atoms with E-state index in [-0.39, 0.29) is 5.91 Å². The highest BCUT2D eigenvalue weighted by Gasteiger charge is 2.24. The number of nitrogens with one attached hydrogen (secondary N) is 1. The topological polar surface area (TPSA) is 58.4 Å². The first kappa shape index (κ1) is 15.8. The Labute approximate surface area is 127 Å². The van der Waals surface area contributed by atoms with Crippen LogP contribution in [0.5, 0.6) is 0 Å². The molecule has 4 heteroatoms. The summed E-state index contributed by atoms with van der Waals surface area (Å²) in [6.45, 7) is 1.48. The van der Waals surface area contributed by atoms with Crippen molar-refractivity contribution in [3.8, 4) is 0 Å². The third-order valence-electron chi connectivity index (χ3n) is 4.52. The van der Waals surface area contributed by atoms with E-state index in [1.165, 1.54) is 25.7 Å². The van der Waals surface area contributed by atoms with Gasteiger partial charge in [0.1, 0.15) is 0 Å². The molecule has 2 rings (SSSR count). The molecule has 0 heterocycles. The number of nitrogens with two attached hydrogens (primary N) is 1. The van der Waals surface area contributed by atoms with Crippen LogP contribution < -0.4 is 16.0 Å². The summed E-state index contributed by atoms with van der Waals surface area (Å²) in [5, 5.41) is 3.09. The van der Waals surface area contributed by atoms with E-state index in [4.69, 9.17) is 5.73 Å². The fourth-order valence-electron chi connectivity index (χ4n) is 3.11. The maximum Gasteiger partial charge on any atom is 0.251 e. The van der Waals surface area contributed by atoms with Crippen LogP contribution in [-0.4, -0.2) is 33.1 Å². The molecule has 0 aromatic heterocycles. The van der Waals surface area contributed by atoms with E-state index < -0.39 is 0 Å². The van der Waals surface area contributed by atoms with E-state index in [0.717, 1.165) is 24.3 Å². The summed E-state index contributed by atoms with van der Waals surface area (Å²) >= 11 is 0. The SMILES string of the molecule is CN(C)c1cccc(C(=O)NCC2CCCCC2CN)c1. The zero-order chi connectivity index (χ0) is 15.2. The second-order valence-corrected chi connectivity index (χ2v) is 6.20. The number of nitrogens with zero attached hydrogens (tertiary/aromatic N) is 1. The predicted octanol–water partition coefficient (Wildman–Crippen LogP) is 2.25. The molecule has 116 valence electrons. The molecule has 3 N–H and O–H groups in total. The van der Waals surface area contributed by atoms with E-state index >= 15 is 0 Å². The highest BCUT2D eigenvalue weighted by molar-refractivity contribution is 5.95. The molecule has 0 spiro atoms. The van der Waals surface area contributed by atoms with E-state index in [2.05, 4.69) is 5.32 Å². The van der Waals surface area contributed by atoms with Gasteiger partial charge in [-0.25, -0.2) is 0 Å². The van der Waals surface area contributed by atoms with Gasteiger partial charge in [-0.15, -0.1) is 0 Å². The Morgan fingerprint density at radius 3 is 2.67 bits per heavy atom. The molecule has 0 bridgehead atoms. The van der Waals surface area contributed by atoms with E-state index in [1.807, 2.05) is 43.3 Å². The highest BCUT2D eigenvalue weighted by Crippen LogP contribution is 2.28. The summed E-state index contributed by atoms with van der Waals surface area (Å²) in [6.07, 6.45) is 4.91. The van der Waals surface area contributed by atoms with Crippen molar-refractivity contribution >= 4 is 11.6 Å². The third kappa shape index (κ3) is 4.21. The maximum absolute atomic E-state index is 12.3. The molecule has 4 nitrogen and oxygen atoms in total. The van der Waals surface area contributed by atoms with Gasteiger partial charge in [0, 0.05) is 31.9 Å². The first-order valence-corrected chi connectivity index (χ1v) is 7.87. The average Bonchev–Trinajstić information content (AvgIpc) is 2.52. The molecule has 1 amide bonds. The van der Waals surface area contributed by atoms with Crippen molar-refractivity contribution in [3.05, 3.63) is 29.8 Å². The molecule has 0 saturated heterocycles. The second kappa shape index (κ2) is 7.46. The third-order valence-corrected chi connectivity index (χ3v) is 4.52. The van der Waals surface area contributed by atoms with Crippen LogP contribution in [0, 0.1) is 11.8 Å². The van der Waals surface area contributed by atoms with Crippen LogP contribution in [-0.2, 0) is 0 Å². The van der Waals surface area contributed by atoms with Crippen LogP contribution in [0.15, 0.2) is 24.3 Å². The van der Waals surface area contributed by atoms with Gasteiger partial charge in [-0.3, -0.25) is 4.79 Å². The number of hydrogen-bond acceptors (Lipinski definition) is 3. The number of rotatable bonds is 5. The summed E-state index contributed by atoms with van der Waals surface area (Å²) in [6, 6.07) is 7.72. The lowest BCUT2D eigenvalue weighted by molar-refractivity contribution is 0.0935. The van der Waals surface area contributed by atoms with Gasteiger partial charge in [0.15, 0.2) is 0 Å². The first-order valence-electron chi connectivity index (χ1n) is 7.87. The standard InChI is InChI=1S/C17H27N3O/c1-20(2)16-9-5-8-13(10-16)17(21)19-12-15-7-4-3-6-14(15)11-18/h5,8-10,14-15H,3-4,6-7,11-12,18H2,1-2H3,(H,19,21). The Morgan fingerprint density at radius 2 is 2.00 bits per heavy atom. The summed E-state index contributed by atoms with van der Waals surface area (Å²) in [7, 11) is 3.95. The van der Waals surface area contributed by atoms with Crippen molar-refractivity contribution in [2.75, 3.05) is 32.1 Å². The van der Waals surface area contributed by atoms with E-state index in [9.17, 15) is 4.79 Å². The summed E-state index contributed by atoms with van der Waals surface area (Å²) in [5.41, 5.74) is 7.61. The lowest BCUT2D eigenvalue weighted by atomic mass is 9.79. The van der Waals surface area contributed by atoms with Crippen molar-refractivity contribution in [1.82, 2.24) is 5.32 Å². The molecule has 1 aliphatic rings. The van der Waals surface area contributed by atoms with Crippen LogP contribution in [0.2, 0.25) is 0 Å². The van der Waals surface area contributed by atoms with Gasteiger partial charge >= 0.3 is 0 Å². The molecular weight excluding hydrogens is 262 g/mol. The molecule has 1 fully saturated rings. The molecule has 1 saturated carbocycles. The number of hydrogen-bond donors (Lipinski definition) is 2.